The highest BCUT2D eigenvalue weighted by Gasteiger charge is 2.23. The van der Waals surface area contributed by atoms with Crippen LogP contribution in [0.3, 0.4) is 0 Å². The van der Waals surface area contributed by atoms with Gasteiger partial charge in [0.1, 0.15) is 11.4 Å². The summed E-state index contributed by atoms with van der Waals surface area (Å²) >= 11 is 1.26. The molecule has 0 saturated carbocycles. The van der Waals surface area contributed by atoms with Crippen LogP contribution < -0.4 is 0 Å². The van der Waals surface area contributed by atoms with Gasteiger partial charge in [0.25, 0.3) is 0 Å². The minimum atomic E-state index is -1.06. The van der Waals surface area contributed by atoms with Crippen LogP contribution in [0, 0.1) is 0 Å². The van der Waals surface area contributed by atoms with Gasteiger partial charge in [-0.25, -0.2) is 19.6 Å². The summed E-state index contributed by atoms with van der Waals surface area (Å²) in [5.41, 5.74) is 1.11. The lowest BCUT2D eigenvalue weighted by Gasteiger charge is -2.26. The van der Waals surface area contributed by atoms with E-state index in [1.165, 1.54) is 16.7 Å². The fourth-order valence-electron chi connectivity index (χ4n) is 2.58. The van der Waals surface area contributed by atoms with Gasteiger partial charge in [-0.1, -0.05) is 12.1 Å². The molecule has 2 N–H and O–H groups in total. The number of carboxylic acids is 1. The molecule has 0 unspecified atom stereocenters. The van der Waals surface area contributed by atoms with E-state index in [4.69, 9.17) is 9.84 Å². The molecular weight excluding hydrogens is 380 g/mol. The van der Waals surface area contributed by atoms with E-state index < -0.39 is 17.7 Å². The van der Waals surface area contributed by atoms with Gasteiger partial charge in [0.05, 0.1) is 22.6 Å². The number of ether oxygens (including phenoxy) is 1. The number of fused-ring (bicyclic) bond motifs is 1. The molecule has 2 aromatic heterocycles. The molecule has 0 spiro atoms. The van der Waals surface area contributed by atoms with E-state index >= 15 is 0 Å². The number of amides is 1. The van der Waals surface area contributed by atoms with Crippen LogP contribution in [-0.4, -0.2) is 49.2 Å². The topological polar surface area (TPSA) is 108 Å². The molecule has 3 aromatic rings. The van der Waals surface area contributed by atoms with Crippen LogP contribution in [0.15, 0.2) is 29.6 Å². The number of aromatic nitrogens is 3. The zero-order valence-electron chi connectivity index (χ0n) is 15.9. The van der Waals surface area contributed by atoms with Crippen molar-refractivity contribution in [2.45, 2.75) is 39.3 Å². The summed E-state index contributed by atoms with van der Waals surface area (Å²) in [5, 5.41) is 11.1. The van der Waals surface area contributed by atoms with Crippen LogP contribution in [0.2, 0.25) is 0 Å². The summed E-state index contributed by atoms with van der Waals surface area (Å²) in [6.45, 7) is 6.01. The first kappa shape index (κ1) is 19.8. The van der Waals surface area contributed by atoms with Crippen molar-refractivity contribution in [2.75, 3.05) is 6.54 Å². The Morgan fingerprint density at radius 2 is 2.00 bits per heavy atom. The summed E-state index contributed by atoms with van der Waals surface area (Å²) in [7, 11) is 0. The van der Waals surface area contributed by atoms with E-state index in [2.05, 4.69) is 15.0 Å². The first-order valence-electron chi connectivity index (χ1n) is 8.80. The second-order valence-corrected chi connectivity index (χ2v) is 8.23. The minimum absolute atomic E-state index is 0.0149. The summed E-state index contributed by atoms with van der Waals surface area (Å²) in [4.78, 5) is 37.0. The number of nitrogens with zero attached hydrogens (tertiary/aromatic N) is 3. The second-order valence-electron chi connectivity index (χ2n) is 7.28. The van der Waals surface area contributed by atoms with E-state index in [-0.39, 0.29) is 12.2 Å². The highest BCUT2D eigenvalue weighted by atomic mass is 32.1. The number of rotatable bonds is 6. The van der Waals surface area contributed by atoms with Crippen molar-refractivity contribution >= 4 is 34.4 Å². The van der Waals surface area contributed by atoms with Crippen molar-refractivity contribution in [3.05, 3.63) is 46.2 Å². The first-order chi connectivity index (χ1) is 13.2. The van der Waals surface area contributed by atoms with Crippen molar-refractivity contribution in [2.24, 2.45) is 0 Å². The molecule has 2 heterocycles. The summed E-state index contributed by atoms with van der Waals surface area (Å²) < 4.78 is 5.51. The molecule has 0 aliphatic carbocycles. The molecule has 148 valence electrons. The maximum atomic E-state index is 12.7. The summed E-state index contributed by atoms with van der Waals surface area (Å²) in [6.07, 6.45) is -0.0276. The Hall–Kier alpha value is -2.94. The maximum absolute atomic E-state index is 12.7. The van der Waals surface area contributed by atoms with E-state index in [9.17, 15) is 9.59 Å². The van der Waals surface area contributed by atoms with Gasteiger partial charge in [-0.15, -0.1) is 11.3 Å². The average Bonchev–Trinajstić information content (AvgIpc) is 3.23. The Labute approximate surface area is 166 Å². The number of nitrogens with one attached hydrogen (secondary N) is 1. The number of thiazole rings is 1. The fraction of sp³-hybridized carbons (Fsp3) is 0.368. The maximum Gasteiger partial charge on any atom is 0.410 e. The third kappa shape index (κ3) is 5.07. The predicted molar refractivity (Wildman–Crippen MR) is 106 cm³/mol. The van der Waals surface area contributed by atoms with Crippen molar-refractivity contribution < 1.29 is 19.4 Å². The van der Waals surface area contributed by atoms with Gasteiger partial charge in [0.15, 0.2) is 5.69 Å². The van der Waals surface area contributed by atoms with Gasteiger partial charge >= 0.3 is 12.1 Å². The Bertz CT molecular complexity index is 956. The molecule has 1 amide bonds. The van der Waals surface area contributed by atoms with Gasteiger partial charge in [-0.3, -0.25) is 0 Å². The Kier molecular flexibility index (Phi) is 5.64. The number of benzene rings is 1. The minimum Gasteiger partial charge on any atom is -0.476 e. The number of hydrogen-bond donors (Lipinski definition) is 2. The smallest absolute Gasteiger partial charge is 0.410 e. The molecule has 0 aliphatic rings. The molecule has 0 aliphatic heterocycles. The molecule has 0 radical (unpaired) electrons. The number of aromatic amines is 1. The number of hydrogen-bond acceptors (Lipinski definition) is 6. The van der Waals surface area contributed by atoms with Gasteiger partial charge < -0.3 is 19.7 Å². The molecular formula is C19H22N4O4S. The molecule has 0 saturated heterocycles. The molecule has 0 bridgehead atoms. The Morgan fingerprint density at radius 1 is 1.25 bits per heavy atom. The third-order valence-electron chi connectivity index (χ3n) is 3.80. The normalized spacial score (nSPS) is 11.5. The number of para-hydroxylation sites is 2. The van der Waals surface area contributed by atoms with E-state index in [0.29, 0.717) is 23.8 Å². The lowest BCUT2D eigenvalue weighted by molar-refractivity contribution is 0.0231. The quantitative estimate of drug-likeness (QED) is 0.651. The van der Waals surface area contributed by atoms with Crippen LogP contribution in [0.4, 0.5) is 4.79 Å². The molecule has 0 fully saturated rings. The first-order valence-corrected chi connectivity index (χ1v) is 9.68. The zero-order chi connectivity index (χ0) is 20.3. The highest BCUT2D eigenvalue weighted by Crippen LogP contribution is 2.17. The van der Waals surface area contributed by atoms with Gasteiger partial charge in [-0.2, -0.15) is 0 Å². The fourth-order valence-corrected chi connectivity index (χ4v) is 3.34. The monoisotopic (exact) mass is 402 g/mol. The third-order valence-corrected chi connectivity index (χ3v) is 4.71. The van der Waals surface area contributed by atoms with E-state index in [1.807, 2.05) is 45.0 Å². The molecule has 0 atom stereocenters. The number of carbonyl (C=O) groups excluding carboxylic acids is 1. The van der Waals surface area contributed by atoms with Gasteiger partial charge in [0.2, 0.25) is 0 Å². The largest absolute Gasteiger partial charge is 0.476 e. The van der Waals surface area contributed by atoms with Crippen LogP contribution in [0.5, 0.6) is 0 Å². The molecule has 28 heavy (non-hydrogen) atoms. The number of imidazole rings is 1. The van der Waals surface area contributed by atoms with Crippen LogP contribution in [0.25, 0.3) is 11.0 Å². The van der Waals surface area contributed by atoms with Crippen LogP contribution in [0.1, 0.15) is 42.1 Å². The number of aromatic carboxylic acids is 1. The second kappa shape index (κ2) is 7.97. The van der Waals surface area contributed by atoms with Crippen LogP contribution >= 0.6 is 11.3 Å². The van der Waals surface area contributed by atoms with Crippen molar-refractivity contribution in [3.8, 4) is 0 Å². The molecule has 1 aromatic carbocycles. The molecule has 9 heteroatoms. The Balaban J connectivity index is 1.75. The van der Waals surface area contributed by atoms with E-state index in [0.717, 1.165) is 11.0 Å². The highest BCUT2D eigenvalue weighted by molar-refractivity contribution is 7.09. The summed E-state index contributed by atoms with van der Waals surface area (Å²) in [6, 6.07) is 7.64. The van der Waals surface area contributed by atoms with Crippen molar-refractivity contribution in [1.29, 1.82) is 0 Å². The number of H-pyrrole nitrogens is 1. The van der Waals surface area contributed by atoms with Crippen molar-refractivity contribution in [3.63, 3.8) is 0 Å². The predicted octanol–water partition coefficient (Wildman–Crippen LogP) is 3.70. The van der Waals surface area contributed by atoms with Crippen LogP contribution in [-0.2, 0) is 17.7 Å². The lowest BCUT2D eigenvalue weighted by atomic mass is 10.2. The summed E-state index contributed by atoms with van der Waals surface area (Å²) in [5.74, 6) is -0.411. The van der Waals surface area contributed by atoms with Gasteiger partial charge in [-0.05, 0) is 32.9 Å². The standard InChI is InChI=1S/C19H22N4O4S/c1-19(2,3)27-18(26)23(9-8-16-22-14(11-28-16)17(24)25)10-15-20-12-6-4-5-7-13(12)21-15/h4-7,11H,8-10H2,1-3H3,(H,20,21)(H,24,25). The van der Waals surface area contributed by atoms with E-state index in [1.54, 1.807) is 4.90 Å². The molecule has 3 rings (SSSR count). The average molecular weight is 402 g/mol. The Morgan fingerprint density at radius 3 is 2.64 bits per heavy atom. The van der Waals surface area contributed by atoms with Gasteiger partial charge in [0, 0.05) is 18.3 Å². The SMILES string of the molecule is CC(C)(C)OC(=O)N(CCc1nc(C(=O)O)cs1)Cc1nc2ccccc2[nH]1. The lowest BCUT2D eigenvalue weighted by Crippen LogP contribution is -2.37. The zero-order valence-corrected chi connectivity index (χ0v) is 16.7. The number of carboxylic acid groups (broad SMARTS) is 1. The molecule has 8 nitrogen and oxygen atoms in total. The van der Waals surface area contributed by atoms with Crippen molar-refractivity contribution in [1.82, 2.24) is 19.9 Å². The number of carbonyl (C=O) groups is 2.